The van der Waals surface area contributed by atoms with Crippen LogP contribution in [-0.2, 0) is 11.2 Å². The molecule has 2 aromatic carbocycles. The molecule has 4 nitrogen and oxygen atoms in total. The molecule has 0 spiro atoms. The molecule has 0 aliphatic rings. The Hall–Kier alpha value is -3.58. The number of hydrogen-bond acceptors (Lipinski definition) is 2. The number of carbonyl (C=O) groups is 1. The van der Waals surface area contributed by atoms with Crippen LogP contribution < -0.4 is 5.32 Å². The quantitative estimate of drug-likeness (QED) is 0.380. The topological polar surface area (TPSA) is 57.8 Å². The summed E-state index contributed by atoms with van der Waals surface area (Å²) in [5.41, 5.74) is 4.28. The molecule has 0 fully saturated rings. The molecule has 1 amide bonds. The number of nitrogens with one attached hydrogen (secondary N) is 1. The fourth-order valence-corrected chi connectivity index (χ4v) is 3.06. The van der Waals surface area contributed by atoms with Gasteiger partial charge in [0.25, 0.3) is 5.91 Å². The Balaban J connectivity index is 1.65. The lowest BCUT2D eigenvalue weighted by Gasteiger charge is -2.08. The Bertz CT molecular complexity index is 1010. The van der Waals surface area contributed by atoms with E-state index >= 15 is 0 Å². The van der Waals surface area contributed by atoms with Crippen LogP contribution in [-0.4, -0.2) is 17.0 Å². The Labute approximate surface area is 165 Å². The third-order valence-corrected chi connectivity index (χ3v) is 4.49. The van der Waals surface area contributed by atoms with Gasteiger partial charge in [-0.1, -0.05) is 42.5 Å². The van der Waals surface area contributed by atoms with Crippen molar-refractivity contribution in [2.24, 2.45) is 0 Å². The number of rotatable bonds is 7. The first-order chi connectivity index (χ1) is 13.7. The number of hydrogen-bond donors (Lipinski definition) is 1. The van der Waals surface area contributed by atoms with E-state index in [1.807, 2.05) is 72.3 Å². The molecule has 0 saturated heterocycles. The molecule has 1 heterocycles. The first kappa shape index (κ1) is 19.2. The SMILES string of the molecule is Cc1cccc(-n2cccc2/C=C(/C#N)C(=O)NCCCc2ccccc2)c1. The van der Waals surface area contributed by atoms with E-state index < -0.39 is 0 Å². The molecule has 4 heteroatoms. The van der Waals surface area contributed by atoms with E-state index in [-0.39, 0.29) is 11.5 Å². The Morgan fingerprint density at radius 2 is 1.93 bits per heavy atom. The largest absolute Gasteiger partial charge is 0.351 e. The van der Waals surface area contributed by atoms with Gasteiger partial charge in [-0.25, -0.2) is 0 Å². The smallest absolute Gasteiger partial charge is 0.262 e. The predicted octanol–water partition coefficient (Wildman–Crippen LogP) is 4.44. The molecule has 1 aromatic heterocycles. The van der Waals surface area contributed by atoms with Crippen molar-refractivity contribution >= 4 is 12.0 Å². The highest BCUT2D eigenvalue weighted by Crippen LogP contribution is 2.17. The van der Waals surface area contributed by atoms with Crippen LogP contribution in [0.4, 0.5) is 0 Å². The first-order valence-corrected chi connectivity index (χ1v) is 9.35. The minimum Gasteiger partial charge on any atom is -0.351 e. The average molecular weight is 369 g/mol. The van der Waals surface area contributed by atoms with Gasteiger partial charge in [-0.05, 0) is 61.2 Å². The highest BCUT2D eigenvalue weighted by atomic mass is 16.1. The van der Waals surface area contributed by atoms with E-state index in [1.165, 1.54) is 5.56 Å². The van der Waals surface area contributed by atoms with Crippen molar-refractivity contribution < 1.29 is 4.79 Å². The van der Waals surface area contributed by atoms with Crippen molar-refractivity contribution in [3.05, 3.63) is 95.3 Å². The molecule has 28 heavy (non-hydrogen) atoms. The standard InChI is InChI=1S/C24H23N3O/c1-19-8-5-12-22(16-19)27-15-7-13-23(27)17-21(18-25)24(28)26-14-6-11-20-9-3-2-4-10-20/h2-5,7-10,12-13,15-17H,6,11,14H2,1H3,(H,26,28)/b21-17-. The molecule has 1 N–H and O–H groups in total. The van der Waals surface area contributed by atoms with Crippen LogP contribution in [0.3, 0.4) is 0 Å². The van der Waals surface area contributed by atoms with E-state index in [1.54, 1.807) is 6.08 Å². The number of nitriles is 1. The molecular weight excluding hydrogens is 346 g/mol. The van der Waals surface area contributed by atoms with Gasteiger partial charge in [0.2, 0.25) is 0 Å². The molecule has 140 valence electrons. The third-order valence-electron chi connectivity index (χ3n) is 4.49. The molecule has 3 aromatic rings. The van der Waals surface area contributed by atoms with Crippen LogP contribution in [0, 0.1) is 18.3 Å². The number of amides is 1. The van der Waals surface area contributed by atoms with Crippen molar-refractivity contribution in [1.29, 1.82) is 5.26 Å². The van der Waals surface area contributed by atoms with Gasteiger partial charge in [-0.2, -0.15) is 5.26 Å². The van der Waals surface area contributed by atoms with Crippen molar-refractivity contribution in [3.63, 3.8) is 0 Å². The van der Waals surface area contributed by atoms with Crippen LogP contribution in [0.25, 0.3) is 11.8 Å². The van der Waals surface area contributed by atoms with Crippen LogP contribution in [0.15, 0.2) is 78.5 Å². The van der Waals surface area contributed by atoms with Crippen molar-refractivity contribution in [1.82, 2.24) is 9.88 Å². The summed E-state index contributed by atoms with van der Waals surface area (Å²) in [5.74, 6) is -0.340. The zero-order valence-electron chi connectivity index (χ0n) is 15.9. The first-order valence-electron chi connectivity index (χ1n) is 9.35. The summed E-state index contributed by atoms with van der Waals surface area (Å²) in [6.45, 7) is 2.57. The summed E-state index contributed by atoms with van der Waals surface area (Å²) in [6, 6.07) is 24.1. The minimum atomic E-state index is -0.340. The van der Waals surface area contributed by atoms with Crippen molar-refractivity contribution in [2.75, 3.05) is 6.54 Å². The Morgan fingerprint density at radius 3 is 2.68 bits per heavy atom. The number of aromatic nitrogens is 1. The van der Waals surface area contributed by atoms with Crippen molar-refractivity contribution in [3.8, 4) is 11.8 Å². The highest BCUT2D eigenvalue weighted by Gasteiger charge is 2.10. The van der Waals surface area contributed by atoms with Crippen molar-refractivity contribution in [2.45, 2.75) is 19.8 Å². The van der Waals surface area contributed by atoms with Gasteiger partial charge in [0.05, 0.1) is 0 Å². The number of carbonyl (C=O) groups excluding carboxylic acids is 1. The third kappa shape index (κ3) is 4.99. The maximum absolute atomic E-state index is 12.4. The second-order valence-electron chi connectivity index (χ2n) is 6.66. The zero-order valence-corrected chi connectivity index (χ0v) is 15.9. The predicted molar refractivity (Wildman–Crippen MR) is 112 cm³/mol. The maximum Gasteiger partial charge on any atom is 0.262 e. The molecule has 0 radical (unpaired) electrons. The summed E-state index contributed by atoms with van der Waals surface area (Å²) >= 11 is 0. The lowest BCUT2D eigenvalue weighted by atomic mass is 10.1. The van der Waals surface area contributed by atoms with Gasteiger partial charge >= 0.3 is 0 Å². The molecule has 0 atom stereocenters. The lowest BCUT2D eigenvalue weighted by molar-refractivity contribution is -0.117. The number of benzene rings is 2. The second-order valence-corrected chi connectivity index (χ2v) is 6.66. The van der Waals surface area contributed by atoms with Crippen LogP contribution in [0.1, 0.15) is 23.2 Å². The van der Waals surface area contributed by atoms with Gasteiger partial charge < -0.3 is 9.88 Å². The molecule has 3 rings (SSSR count). The van der Waals surface area contributed by atoms with Gasteiger partial charge in [-0.3, -0.25) is 4.79 Å². The zero-order chi connectivity index (χ0) is 19.8. The van der Waals surface area contributed by atoms with Gasteiger partial charge in [0.1, 0.15) is 11.6 Å². The number of aryl methyl sites for hydroxylation is 2. The molecule has 0 saturated carbocycles. The van der Waals surface area contributed by atoms with E-state index in [4.69, 9.17) is 0 Å². The second kappa shape index (κ2) is 9.38. The average Bonchev–Trinajstić information content (AvgIpc) is 3.18. The lowest BCUT2D eigenvalue weighted by Crippen LogP contribution is -2.26. The van der Waals surface area contributed by atoms with Crippen LogP contribution in [0.5, 0.6) is 0 Å². The van der Waals surface area contributed by atoms with E-state index in [0.717, 1.165) is 29.8 Å². The van der Waals surface area contributed by atoms with Crippen LogP contribution >= 0.6 is 0 Å². The fraction of sp³-hybridized carbons (Fsp3) is 0.167. The number of nitrogens with zero attached hydrogens (tertiary/aromatic N) is 2. The summed E-state index contributed by atoms with van der Waals surface area (Å²) < 4.78 is 1.97. The molecule has 0 aliphatic heterocycles. The summed E-state index contributed by atoms with van der Waals surface area (Å²) in [5, 5.41) is 12.3. The highest BCUT2D eigenvalue weighted by molar-refractivity contribution is 6.01. The van der Waals surface area contributed by atoms with Crippen LogP contribution in [0.2, 0.25) is 0 Å². The molecule has 0 aliphatic carbocycles. The van der Waals surface area contributed by atoms with E-state index in [2.05, 4.69) is 23.5 Å². The fourth-order valence-electron chi connectivity index (χ4n) is 3.06. The summed E-state index contributed by atoms with van der Waals surface area (Å²) in [4.78, 5) is 12.4. The van der Waals surface area contributed by atoms with Gasteiger partial charge in [0.15, 0.2) is 0 Å². The summed E-state index contributed by atoms with van der Waals surface area (Å²) in [7, 11) is 0. The Kier molecular flexibility index (Phi) is 6.43. The molecular formula is C24H23N3O. The summed E-state index contributed by atoms with van der Waals surface area (Å²) in [6.07, 6.45) is 5.28. The molecule has 0 bridgehead atoms. The molecule has 0 unspecified atom stereocenters. The van der Waals surface area contributed by atoms with Gasteiger partial charge in [0, 0.05) is 24.1 Å². The minimum absolute atomic E-state index is 0.104. The van der Waals surface area contributed by atoms with E-state index in [9.17, 15) is 10.1 Å². The van der Waals surface area contributed by atoms with E-state index in [0.29, 0.717) is 6.54 Å². The Morgan fingerprint density at radius 1 is 1.11 bits per heavy atom. The monoisotopic (exact) mass is 369 g/mol. The normalized spacial score (nSPS) is 11.1. The maximum atomic E-state index is 12.4. The van der Waals surface area contributed by atoms with Gasteiger partial charge in [-0.15, -0.1) is 0 Å².